The highest BCUT2D eigenvalue weighted by molar-refractivity contribution is 5.54. The fourth-order valence-corrected chi connectivity index (χ4v) is 2.81. The second kappa shape index (κ2) is 4.29. The van der Waals surface area contributed by atoms with Crippen molar-refractivity contribution in [3.8, 4) is 0 Å². The molecule has 0 aromatic rings. The van der Waals surface area contributed by atoms with Crippen LogP contribution in [0.5, 0.6) is 0 Å². The molecule has 3 unspecified atom stereocenters. The lowest BCUT2D eigenvalue weighted by atomic mass is 9.70. The van der Waals surface area contributed by atoms with Crippen molar-refractivity contribution in [1.29, 1.82) is 0 Å². The zero-order chi connectivity index (χ0) is 10.8. The van der Waals surface area contributed by atoms with E-state index in [1.54, 1.807) is 0 Å². The largest absolute Gasteiger partial charge is 0.303 e. The first kappa shape index (κ1) is 11.5. The Bertz CT molecular complexity index is 217. The minimum atomic E-state index is 0.187. The van der Waals surface area contributed by atoms with E-state index in [4.69, 9.17) is 0 Å². The molecule has 0 heterocycles. The van der Waals surface area contributed by atoms with Crippen LogP contribution in [0.2, 0.25) is 0 Å². The van der Waals surface area contributed by atoms with Crippen molar-refractivity contribution >= 4 is 6.29 Å². The SMILES string of the molecule is C=CCC(C=O)C1CCC(C)C1(C)C. The van der Waals surface area contributed by atoms with Crippen LogP contribution >= 0.6 is 0 Å². The molecule has 0 spiro atoms. The van der Waals surface area contributed by atoms with Gasteiger partial charge in [0.1, 0.15) is 6.29 Å². The molecule has 0 saturated heterocycles. The Labute approximate surface area is 87.6 Å². The van der Waals surface area contributed by atoms with Crippen LogP contribution in [0.15, 0.2) is 12.7 Å². The maximum absolute atomic E-state index is 11.0. The Hall–Kier alpha value is -0.590. The summed E-state index contributed by atoms with van der Waals surface area (Å²) in [5.41, 5.74) is 0.314. The van der Waals surface area contributed by atoms with E-state index < -0.39 is 0 Å². The topological polar surface area (TPSA) is 17.1 Å². The number of rotatable bonds is 4. The van der Waals surface area contributed by atoms with Crippen LogP contribution in [0, 0.1) is 23.2 Å². The average Bonchev–Trinajstić information content (AvgIpc) is 2.39. The van der Waals surface area contributed by atoms with Gasteiger partial charge in [0.25, 0.3) is 0 Å². The number of carbonyl (C=O) groups is 1. The number of aldehydes is 1. The van der Waals surface area contributed by atoms with Gasteiger partial charge in [0, 0.05) is 5.92 Å². The quantitative estimate of drug-likeness (QED) is 0.495. The van der Waals surface area contributed by atoms with Crippen molar-refractivity contribution in [3.63, 3.8) is 0 Å². The number of carbonyl (C=O) groups excluding carboxylic acids is 1. The number of allylic oxidation sites excluding steroid dienone is 1. The van der Waals surface area contributed by atoms with E-state index in [1.807, 2.05) is 6.08 Å². The van der Waals surface area contributed by atoms with Gasteiger partial charge >= 0.3 is 0 Å². The molecule has 0 bridgehead atoms. The lowest BCUT2D eigenvalue weighted by Gasteiger charge is -2.34. The normalized spacial score (nSPS) is 32.5. The van der Waals surface area contributed by atoms with Gasteiger partial charge in [-0.25, -0.2) is 0 Å². The van der Waals surface area contributed by atoms with Crippen LogP contribution in [-0.4, -0.2) is 6.29 Å². The fourth-order valence-electron chi connectivity index (χ4n) is 2.81. The summed E-state index contributed by atoms with van der Waals surface area (Å²) in [7, 11) is 0. The van der Waals surface area contributed by atoms with Gasteiger partial charge in [-0.3, -0.25) is 0 Å². The van der Waals surface area contributed by atoms with Crippen molar-refractivity contribution in [2.75, 3.05) is 0 Å². The molecule has 0 aliphatic heterocycles. The van der Waals surface area contributed by atoms with E-state index >= 15 is 0 Å². The minimum absolute atomic E-state index is 0.187. The molecule has 1 rings (SSSR count). The van der Waals surface area contributed by atoms with Gasteiger partial charge in [-0.05, 0) is 36.5 Å². The van der Waals surface area contributed by atoms with E-state index in [2.05, 4.69) is 27.4 Å². The second-order valence-corrected chi connectivity index (χ2v) is 5.23. The summed E-state index contributed by atoms with van der Waals surface area (Å²) in [6, 6.07) is 0. The predicted octanol–water partition coefficient (Wildman–Crippen LogP) is 3.45. The summed E-state index contributed by atoms with van der Waals surface area (Å²) in [5, 5.41) is 0. The smallest absolute Gasteiger partial charge is 0.123 e. The zero-order valence-corrected chi connectivity index (χ0v) is 9.62. The average molecular weight is 194 g/mol. The Morgan fingerprint density at radius 2 is 2.14 bits per heavy atom. The van der Waals surface area contributed by atoms with Crippen molar-refractivity contribution in [1.82, 2.24) is 0 Å². The summed E-state index contributed by atoms with van der Waals surface area (Å²) in [6.45, 7) is 10.6. The molecule has 1 aliphatic rings. The molecule has 1 fully saturated rings. The standard InChI is InChI=1S/C13H22O/c1-5-6-11(9-14)12-8-7-10(2)13(12,3)4/h5,9-12H,1,6-8H2,2-4H3. The molecule has 1 nitrogen and oxygen atoms in total. The highest BCUT2D eigenvalue weighted by Gasteiger charge is 2.43. The predicted molar refractivity (Wildman–Crippen MR) is 60.0 cm³/mol. The molecule has 14 heavy (non-hydrogen) atoms. The lowest BCUT2D eigenvalue weighted by molar-refractivity contribution is -0.113. The van der Waals surface area contributed by atoms with Gasteiger partial charge in [-0.1, -0.05) is 26.8 Å². The Morgan fingerprint density at radius 3 is 2.50 bits per heavy atom. The van der Waals surface area contributed by atoms with Gasteiger partial charge in [0.05, 0.1) is 0 Å². The third-order valence-electron chi connectivity index (χ3n) is 4.27. The Balaban J connectivity index is 2.76. The van der Waals surface area contributed by atoms with Crippen molar-refractivity contribution in [3.05, 3.63) is 12.7 Å². The number of hydrogen-bond acceptors (Lipinski definition) is 1. The van der Waals surface area contributed by atoms with Gasteiger partial charge < -0.3 is 4.79 Å². The van der Waals surface area contributed by atoms with Gasteiger partial charge in [-0.2, -0.15) is 0 Å². The molecule has 80 valence electrons. The molecule has 1 aliphatic carbocycles. The maximum Gasteiger partial charge on any atom is 0.123 e. The van der Waals surface area contributed by atoms with Crippen LogP contribution in [0.25, 0.3) is 0 Å². The van der Waals surface area contributed by atoms with E-state index in [0.29, 0.717) is 11.3 Å². The first-order valence-electron chi connectivity index (χ1n) is 5.60. The Morgan fingerprint density at radius 1 is 1.50 bits per heavy atom. The second-order valence-electron chi connectivity index (χ2n) is 5.23. The van der Waals surface area contributed by atoms with E-state index in [9.17, 15) is 4.79 Å². The molecule has 0 aromatic carbocycles. The van der Waals surface area contributed by atoms with Crippen LogP contribution in [0.4, 0.5) is 0 Å². The summed E-state index contributed by atoms with van der Waals surface area (Å²) in [6.07, 6.45) is 6.30. The summed E-state index contributed by atoms with van der Waals surface area (Å²) >= 11 is 0. The third kappa shape index (κ3) is 1.92. The minimum Gasteiger partial charge on any atom is -0.303 e. The van der Waals surface area contributed by atoms with Crippen molar-refractivity contribution < 1.29 is 4.79 Å². The molecule has 1 saturated carbocycles. The molecular weight excluding hydrogens is 172 g/mol. The third-order valence-corrected chi connectivity index (χ3v) is 4.27. The maximum atomic E-state index is 11.0. The summed E-state index contributed by atoms with van der Waals surface area (Å²) < 4.78 is 0. The Kier molecular flexibility index (Phi) is 3.52. The molecule has 0 radical (unpaired) electrons. The zero-order valence-electron chi connectivity index (χ0n) is 9.62. The van der Waals surface area contributed by atoms with Crippen LogP contribution in [-0.2, 0) is 4.79 Å². The molecule has 3 atom stereocenters. The van der Waals surface area contributed by atoms with Crippen LogP contribution < -0.4 is 0 Å². The molecular formula is C13H22O. The summed E-state index contributed by atoms with van der Waals surface area (Å²) in [4.78, 5) is 11.0. The van der Waals surface area contributed by atoms with Crippen LogP contribution in [0.3, 0.4) is 0 Å². The fraction of sp³-hybridized carbons (Fsp3) is 0.769. The highest BCUT2D eigenvalue weighted by atomic mass is 16.1. The van der Waals surface area contributed by atoms with Gasteiger partial charge in [-0.15, -0.1) is 6.58 Å². The van der Waals surface area contributed by atoms with Gasteiger partial charge in [0.2, 0.25) is 0 Å². The molecule has 0 amide bonds. The van der Waals surface area contributed by atoms with E-state index in [-0.39, 0.29) is 5.92 Å². The summed E-state index contributed by atoms with van der Waals surface area (Å²) in [5.74, 6) is 1.47. The molecule has 0 N–H and O–H groups in total. The van der Waals surface area contributed by atoms with Crippen LogP contribution in [0.1, 0.15) is 40.0 Å². The monoisotopic (exact) mass is 194 g/mol. The first-order valence-corrected chi connectivity index (χ1v) is 5.60. The number of hydrogen-bond donors (Lipinski definition) is 0. The van der Waals surface area contributed by atoms with Crippen molar-refractivity contribution in [2.24, 2.45) is 23.2 Å². The lowest BCUT2D eigenvalue weighted by Crippen LogP contribution is -2.29. The van der Waals surface area contributed by atoms with Gasteiger partial charge in [0.15, 0.2) is 0 Å². The van der Waals surface area contributed by atoms with E-state index in [1.165, 1.54) is 12.8 Å². The van der Waals surface area contributed by atoms with E-state index in [0.717, 1.165) is 18.6 Å². The molecule has 0 aromatic heterocycles. The molecule has 1 heteroatoms. The first-order chi connectivity index (χ1) is 6.54. The van der Waals surface area contributed by atoms with Crippen molar-refractivity contribution in [2.45, 2.75) is 40.0 Å². The highest BCUT2D eigenvalue weighted by Crippen LogP contribution is 2.50.